The van der Waals surface area contributed by atoms with Crippen molar-refractivity contribution in [2.75, 3.05) is 18.9 Å². The fourth-order valence-electron chi connectivity index (χ4n) is 3.97. The Labute approximate surface area is 186 Å². The number of aromatic nitrogens is 1. The summed E-state index contributed by atoms with van der Waals surface area (Å²) in [7, 11) is 3.92. The van der Waals surface area contributed by atoms with E-state index in [0.29, 0.717) is 21.6 Å². The minimum Gasteiger partial charge on any atom is -0.393 e. The van der Waals surface area contributed by atoms with Gasteiger partial charge < -0.3 is 14.2 Å². The first-order valence-electron chi connectivity index (χ1n) is 9.68. The van der Waals surface area contributed by atoms with E-state index in [4.69, 9.17) is 27.9 Å². The van der Waals surface area contributed by atoms with Gasteiger partial charge in [0.15, 0.2) is 0 Å². The molecule has 1 amide bonds. The zero-order valence-electron chi connectivity index (χ0n) is 17.1. The van der Waals surface area contributed by atoms with Crippen molar-refractivity contribution in [3.8, 4) is 5.88 Å². The molecule has 1 unspecified atom stereocenters. The number of anilines is 1. The van der Waals surface area contributed by atoms with Crippen molar-refractivity contribution in [1.29, 1.82) is 0 Å². The number of hydrogen-bond donors (Lipinski definition) is 1. The number of hydrogen-bond acceptors (Lipinski definition) is 3. The predicted octanol–water partition coefficient (Wildman–Crippen LogP) is 5.83. The summed E-state index contributed by atoms with van der Waals surface area (Å²) in [5.74, 6) is 0.652. The molecule has 2 heterocycles. The van der Waals surface area contributed by atoms with E-state index in [1.165, 1.54) is 0 Å². The zero-order valence-corrected chi connectivity index (χ0v) is 18.6. The van der Waals surface area contributed by atoms with Gasteiger partial charge in [-0.25, -0.2) is 4.79 Å². The third-order valence-corrected chi connectivity index (χ3v) is 5.90. The molecule has 1 aromatic heterocycles. The number of ether oxygens (including phenoxy) is 1. The van der Waals surface area contributed by atoms with Gasteiger partial charge >= 0.3 is 6.09 Å². The number of nitrogens with one attached hydrogen (secondary N) is 1. The molecular formula is C23H23Cl2N3O2. The molecule has 1 aliphatic heterocycles. The fourth-order valence-corrected chi connectivity index (χ4v) is 4.54. The standard InChI is InChI=1S/C23H23Cl2N3O2/c1-14-8-22(28(3)11-14)30-23(29)26-17-6-4-15(5-7-17)19-12-27(2)13-20-18(19)9-16(24)10-21(20)25/h4-11,19H,12-13H2,1-3H3,(H,26,29). The Hall–Kier alpha value is -2.47. The molecule has 2 aromatic carbocycles. The molecule has 0 aliphatic carbocycles. The Morgan fingerprint density at radius 2 is 1.87 bits per heavy atom. The van der Waals surface area contributed by atoms with Crippen molar-refractivity contribution in [2.24, 2.45) is 7.05 Å². The number of aryl methyl sites for hydroxylation is 2. The molecule has 0 saturated heterocycles. The lowest BCUT2D eigenvalue weighted by molar-refractivity contribution is 0.212. The van der Waals surface area contributed by atoms with Crippen LogP contribution in [0.4, 0.5) is 10.5 Å². The second-order valence-corrected chi connectivity index (χ2v) is 8.65. The first-order valence-corrected chi connectivity index (χ1v) is 10.4. The van der Waals surface area contributed by atoms with Crippen LogP contribution in [0.5, 0.6) is 5.88 Å². The van der Waals surface area contributed by atoms with Gasteiger partial charge in [-0.3, -0.25) is 5.32 Å². The molecule has 0 spiro atoms. The van der Waals surface area contributed by atoms with Gasteiger partial charge in [0.05, 0.1) is 0 Å². The van der Waals surface area contributed by atoms with E-state index in [2.05, 4.69) is 17.3 Å². The first kappa shape index (κ1) is 20.8. The summed E-state index contributed by atoms with van der Waals surface area (Å²) in [6.07, 6.45) is 1.37. The number of nitrogens with zero attached hydrogens (tertiary/aromatic N) is 2. The van der Waals surface area contributed by atoms with Crippen molar-refractivity contribution in [3.63, 3.8) is 0 Å². The molecule has 1 atom stereocenters. The van der Waals surface area contributed by atoms with Gasteiger partial charge in [-0.2, -0.15) is 0 Å². The highest BCUT2D eigenvalue weighted by molar-refractivity contribution is 6.35. The molecule has 0 bridgehead atoms. The molecule has 1 aliphatic rings. The summed E-state index contributed by atoms with van der Waals surface area (Å²) >= 11 is 12.7. The van der Waals surface area contributed by atoms with Gasteiger partial charge in [-0.05, 0) is 60.5 Å². The minimum atomic E-state index is -0.523. The topological polar surface area (TPSA) is 46.5 Å². The van der Waals surface area contributed by atoms with Crippen LogP contribution in [0.15, 0.2) is 48.7 Å². The van der Waals surface area contributed by atoms with Crippen LogP contribution < -0.4 is 10.1 Å². The number of likely N-dealkylation sites (N-methyl/N-ethyl adjacent to an activating group) is 1. The summed E-state index contributed by atoms with van der Waals surface area (Å²) in [6.45, 7) is 3.61. The maximum absolute atomic E-state index is 12.2. The van der Waals surface area contributed by atoms with Crippen molar-refractivity contribution in [1.82, 2.24) is 9.47 Å². The Kier molecular flexibility index (Phi) is 5.78. The number of amides is 1. The third-order valence-electron chi connectivity index (χ3n) is 5.35. The molecule has 0 radical (unpaired) electrons. The molecule has 7 heteroatoms. The van der Waals surface area contributed by atoms with Gasteiger partial charge in [-0.1, -0.05) is 35.3 Å². The quantitative estimate of drug-likeness (QED) is 0.553. The molecule has 5 nitrogen and oxygen atoms in total. The lowest BCUT2D eigenvalue weighted by atomic mass is 9.85. The van der Waals surface area contributed by atoms with Crippen LogP contribution in [0, 0.1) is 6.92 Å². The van der Waals surface area contributed by atoms with Crippen LogP contribution >= 0.6 is 23.2 Å². The molecular weight excluding hydrogens is 421 g/mol. The van der Waals surface area contributed by atoms with Crippen LogP contribution in [0.2, 0.25) is 10.0 Å². The van der Waals surface area contributed by atoms with Gasteiger partial charge in [0.25, 0.3) is 0 Å². The molecule has 1 N–H and O–H groups in total. The van der Waals surface area contributed by atoms with Gasteiger partial charge in [-0.15, -0.1) is 0 Å². The lowest BCUT2D eigenvalue weighted by Crippen LogP contribution is -2.31. The smallest absolute Gasteiger partial charge is 0.393 e. The SMILES string of the molecule is Cc1cc(OC(=O)Nc2ccc(C3CN(C)Cc4c(Cl)cc(Cl)cc43)cc2)n(C)c1. The second kappa shape index (κ2) is 8.34. The molecule has 3 aromatic rings. The fraction of sp³-hybridized carbons (Fsp3) is 0.261. The number of carbonyl (C=O) groups is 1. The third kappa shape index (κ3) is 4.33. The number of benzene rings is 2. The van der Waals surface area contributed by atoms with Crippen molar-refractivity contribution in [2.45, 2.75) is 19.4 Å². The van der Waals surface area contributed by atoms with Crippen molar-refractivity contribution in [3.05, 3.63) is 81.0 Å². The maximum Gasteiger partial charge on any atom is 0.418 e. The Morgan fingerprint density at radius 1 is 1.13 bits per heavy atom. The van der Waals surface area contributed by atoms with Crippen LogP contribution in [-0.4, -0.2) is 29.2 Å². The van der Waals surface area contributed by atoms with Crippen molar-refractivity contribution >= 4 is 35.0 Å². The number of carbonyl (C=O) groups excluding carboxylic acids is 1. The highest BCUT2D eigenvalue weighted by Crippen LogP contribution is 2.38. The molecule has 30 heavy (non-hydrogen) atoms. The highest BCUT2D eigenvalue weighted by atomic mass is 35.5. The number of halogens is 2. The van der Waals surface area contributed by atoms with Crippen LogP contribution in [0.1, 0.15) is 28.2 Å². The zero-order chi connectivity index (χ0) is 21.4. The van der Waals surface area contributed by atoms with Gasteiger partial charge in [0.2, 0.25) is 5.88 Å². The van der Waals surface area contributed by atoms with Crippen LogP contribution in [-0.2, 0) is 13.6 Å². The van der Waals surface area contributed by atoms with E-state index in [1.807, 2.05) is 56.6 Å². The van der Waals surface area contributed by atoms with E-state index >= 15 is 0 Å². The van der Waals surface area contributed by atoms with Gasteiger partial charge in [0, 0.05) is 54.1 Å². The Balaban J connectivity index is 1.51. The van der Waals surface area contributed by atoms with Crippen LogP contribution in [0.25, 0.3) is 0 Å². The first-order chi connectivity index (χ1) is 14.3. The molecule has 0 fully saturated rings. The minimum absolute atomic E-state index is 0.155. The van der Waals surface area contributed by atoms with E-state index in [0.717, 1.165) is 35.3 Å². The molecule has 0 saturated carbocycles. The molecule has 4 rings (SSSR count). The lowest BCUT2D eigenvalue weighted by Gasteiger charge is -2.33. The average Bonchev–Trinajstić information content (AvgIpc) is 2.99. The summed E-state index contributed by atoms with van der Waals surface area (Å²) < 4.78 is 7.15. The summed E-state index contributed by atoms with van der Waals surface area (Å²) in [4.78, 5) is 14.5. The number of rotatable bonds is 3. The van der Waals surface area contributed by atoms with Crippen molar-refractivity contribution < 1.29 is 9.53 Å². The monoisotopic (exact) mass is 443 g/mol. The predicted molar refractivity (Wildman–Crippen MR) is 121 cm³/mol. The van der Waals surface area contributed by atoms with Gasteiger partial charge in [0.1, 0.15) is 0 Å². The highest BCUT2D eigenvalue weighted by Gasteiger charge is 2.27. The molecule has 156 valence electrons. The summed E-state index contributed by atoms with van der Waals surface area (Å²) in [5.41, 5.74) is 5.11. The largest absolute Gasteiger partial charge is 0.418 e. The van der Waals surface area contributed by atoms with Crippen LogP contribution in [0.3, 0.4) is 0 Å². The van der Waals surface area contributed by atoms with E-state index < -0.39 is 6.09 Å². The Bertz CT molecular complexity index is 1090. The summed E-state index contributed by atoms with van der Waals surface area (Å²) in [6, 6.07) is 13.4. The second-order valence-electron chi connectivity index (χ2n) is 7.81. The number of fused-ring (bicyclic) bond motifs is 1. The normalized spacial score (nSPS) is 16.2. The average molecular weight is 444 g/mol. The van der Waals surface area contributed by atoms with E-state index in [1.54, 1.807) is 10.6 Å². The maximum atomic E-state index is 12.2. The Morgan fingerprint density at radius 3 is 2.53 bits per heavy atom. The van der Waals surface area contributed by atoms with E-state index in [9.17, 15) is 4.79 Å². The van der Waals surface area contributed by atoms with E-state index in [-0.39, 0.29) is 5.92 Å². The summed E-state index contributed by atoms with van der Waals surface area (Å²) in [5, 5.41) is 4.12.